The quantitative estimate of drug-likeness (QED) is 0.351. The van der Waals surface area contributed by atoms with Crippen LogP contribution in [0.25, 0.3) is 10.9 Å². The summed E-state index contributed by atoms with van der Waals surface area (Å²) in [5, 5.41) is 4.75. The van der Waals surface area contributed by atoms with E-state index in [1.165, 1.54) is 17.7 Å². The van der Waals surface area contributed by atoms with Gasteiger partial charge in [-0.2, -0.15) is 0 Å². The topological polar surface area (TPSA) is 48.1 Å². The van der Waals surface area contributed by atoms with E-state index in [4.69, 9.17) is 12.2 Å². The Bertz CT molecular complexity index is 1330. The van der Waals surface area contributed by atoms with Gasteiger partial charge in [-0.05, 0) is 78.0 Å². The number of pyridine rings is 1. The minimum absolute atomic E-state index is 0.143. The van der Waals surface area contributed by atoms with Gasteiger partial charge >= 0.3 is 0 Å². The number of hydrogen-bond donors (Lipinski definition) is 2. The van der Waals surface area contributed by atoms with Crippen molar-refractivity contribution >= 4 is 33.9 Å². The summed E-state index contributed by atoms with van der Waals surface area (Å²) in [6, 6.07) is 22.3. The predicted molar refractivity (Wildman–Crippen MR) is 137 cm³/mol. The standard InChI is InChI=1S/C27H26FN3OS/c1-3-19-9-13-24(14-10-19)29-27(33)31(16-20-7-11-23(28)12-8-20)17-22-15-21-6-4-5-18(2)25(21)30-26(22)32/h4-15H,3,16-17H2,1-2H3,(H,29,33)(H,30,32). The van der Waals surface area contributed by atoms with Crippen LogP contribution in [0.15, 0.2) is 77.6 Å². The van der Waals surface area contributed by atoms with Gasteiger partial charge in [-0.25, -0.2) is 4.39 Å². The second kappa shape index (κ2) is 9.96. The number of hydrogen-bond acceptors (Lipinski definition) is 2. The van der Waals surface area contributed by atoms with Crippen LogP contribution in [0.4, 0.5) is 10.1 Å². The first-order valence-electron chi connectivity index (χ1n) is 10.9. The van der Waals surface area contributed by atoms with E-state index in [1.54, 1.807) is 12.1 Å². The van der Waals surface area contributed by atoms with Gasteiger partial charge in [0, 0.05) is 17.8 Å². The van der Waals surface area contributed by atoms with Crippen molar-refractivity contribution in [2.24, 2.45) is 0 Å². The molecule has 0 atom stereocenters. The van der Waals surface area contributed by atoms with Crippen LogP contribution < -0.4 is 10.9 Å². The van der Waals surface area contributed by atoms with Crippen LogP contribution in [0.5, 0.6) is 0 Å². The van der Waals surface area contributed by atoms with Crippen LogP contribution in [-0.2, 0) is 19.5 Å². The number of nitrogens with zero attached hydrogens (tertiary/aromatic N) is 1. The average Bonchev–Trinajstić information content (AvgIpc) is 2.81. The highest BCUT2D eigenvalue weighted by Gasteiger charge is 2.15. The Kier molecular flexibility index (Phi) is 6.84. The number of thiocarbonyl (C=S) groups is 1. The fraction of sp³-hybridized carbons (Fsp3) is 0.185. The van der Waals surface area contributed by atoms with Crippen molar-refractivity contribution in [3.63, 3.8) is 0 Å². The maximum absolute atomic E-state index is 13.4. The lowest BCUT2D eigenvalue weighted by molar-refractivity contribution is 0.411. The van der Waals surface area contributed by atoms with Gasteiger partial charge in [0.05, 0.1) is 12.1 Å². The SMILES string of the molecule is CCc1ccc(NC(=S)N(Cc2ccc(F)cc2)Cc2cc3cccc(C)c3[nH]c2=O)cc1. The third-order valence-corrected chi connectivity index (χ3v) is 6.07. The molecule has 33 heavy (non-hydrogen) atoms. The smallest absolute Gasteiger partial charge is 0.253 e. The Morgan fingerprint density at radius 2 is 1.70 bits per heavy atom. The first-order valence-corrected chi connectivity index (χ1v) is 11.3. The van der Waals surface area contributed by atoms with Crippen LogP contribution in [0.3, 0.4) is 0 Å². The number of aromatic amines is 1. The molecule has 1 aromatic heterocycles. The Labute approximate surface area is 198 Å². The molecule has 4 rings (SSSR count). The van der Waals surface area contributed by atoms with Gasteiger partial charge in [-0.15, -0.1) is 0 Å². The highest BCUT2D eigenvalue weighted by molar-refractivity contribution is 7.80. The zero-order valence-electron chi connectivity index (χ0n) is 18.7. The molecule has 4 aromatic rings. The number of H-pyrrole nitrogens is 1. The molecule has 6 heteroatoms. The van der Waals surface area contributed by atoms with Gasteiger partial charge < -0.3 is 15.2 Å². The van der Waals surface area contributed by atoms with E-state index >= 15 is 0 Å². The molecule has 3 aromatic carbocycles. The fourth-order valence-corrected chi connectivity index (χ4v) is 4.03. The van der Waals surface area contributed by atoms with E-state index in [0.717, 1.165) is 34.1 Å². The number of rotatable bonds is 6. The maximum Gasteiger partial charge on any atom is 0.253 e. The lowest BCUT2D eigenvalue weighted by Crippen LogP contribution is -2.35. The fourth-order valence-electron chi connectivity index (χ4n) is 3.79. The molecule has 0 aliphatic rings. The summed E-state index contributed by atoms with van der Waals surface area (Å²) in [4.78, 5) is 17.8. The normalized spacial score (nSPS) is 10.9. The van der Waals surface area contributed by atoms with Gasteiger partial charge in [0.25, 0.3) is 5.56 Å². The molecule has 2 N–H and O–H groups in total. The van der Waals surface area contributed by atoms with E-state index in [2.05, 4.69) is 29.4 Å². The zero-order valence-corrected chi connectivity index (χ0v) is 19.5. The monoisotopic (exact) mass is 459 g/mol. The molecule has 0 saturated heterocycles. The molecule has 168 valence electrons. The number of aromatic nitrogens is 1. The van der Waals surface area contributed by atoms with Crippen LogP contribution in [0, 0.1) is 12.7 Å². The molecular formula is C27H26FN3OS. The molecule has 4 nitrogen and oxygen atoms in total. The number of benzene rings is 3. The number of aryl methyl sites for hydroxylation is 2. The number of para-hydroxylation sites is 1. The summed E-state index contributed by atoms with van der Waals surface area (Å²) in [6.45, 7) is 4.83. The van der Waals surface area contributed by atoms with Gasteiger partial charge in [0.1, 0.15) is 5.82 Å². The molecule has 0 spiro atoms. The van der Waals surface area contributed by atoms with Gasteiger partial charge in [0.2, 0.25) is 0 Å². The second-order valence-corrected chi connectivity index (χ2v) is 8.51. The number of halogens is 1. The summed E-state index contributed by atoms with van der Waals surface area (Å²) in [7, 11) is 0. The Morgan fingerprint density at radius 3 is 2.39 bits per heavy atom. The van der Waals surface area contributed by atoms with E-state index in [-0.39, 0.29) is 11.4 Å². The third-order valence-electron chi connectivity index (χ3n) is 5.71. The first kappa shape index (κ1) is 22.7. The van der Waals surface area contributed by atoms with Crippen molar-refractivity contribution < 1.29 is 4.39 Å². The van der Waals surface area contributed by atoms with Crippen molar-refractivity contribution in [1.29, 1.82) is 0 Å². The molecule has 0 aliphatic heterocycles. The number of anilines is 1. The lowest BCUT2D eigenvalue weighted by Gasteiger charge is -2.26. The summed E-state index contributed by atoms with van der Waals surface area (Å²) in [5.74, 6) is -0.289. The number of nitrogens with one attached hydrogen (secondary N) is 2. The maximum atomic E-state index is 13.4. The zero-order chi connectivity index (χ0) is 23.4. The average molecular weight is 460 g/mol. The predicted octanol–water partition coefficient (Wildman–Crippen LogP) is 5.94. The van der Waals surface area contributed by atoms with Gasteiger partial charge in [-0.3, -0.25) is 4.79 Å². The lowest BCUT2D eigenvalue weighted by atomic mass is 10.1. The van der Waals surface area contributed by atoms with Crippen molar-refractivity contribution in [3.05, 3.63) is 111 Å². The molecule has 0 saturated carbocycles. The summed E-state index contributed by atoms with van der Waals surface area (Å²) >= 11 is 5.73. The first-order chi connectivity index (χ1) is 15.9. The number of fused-ring (bicyclic) bond motifs is 1. The molecule has 0 unspecified atom stereocenters. The van der Waals surface area contributed by atoms with E-state index in [0.29, 0.717) is 23.8 Å². The van der Waals surface area contributed by atoms with Crippen molar-refractivity contribution in [2.75, 3.05) is 5.32 Å². The Morgan fingerprint density at radius 1 is 1.00 bits per heavy atom. The molecule has 1 heterocycles. The van der Waals surface area contributed by atoms with Crippen LogP contribution in [0.2, 0.25) is 0 Å². The molecular weight excluding hydrogens is 433 g/mol. The van der Waals surface area contributed by atoms with E-state index < -0.39 is 0 Å². The molecule has 0 amide bonds. The molecule has 0 fully saturated rings. The van der Waals surface area contributed by atoms with Gasteiger partial charge in [-0.1, -0.05) is 49.4 Å². The van der Waals surface area contributed by atoms with Crippen LogP contribution >= 0.6 is 12.2 Å². The van der Waals surface area contributed by atoms with Gasteiger partial charge in [0.15, 0.2) is 5.11 Å². The molecule has 0 aliphatic carbocycles. The van der Waals surface area contributed by atoms with Crippen molar-refractivity contribution in [3.8, 4) is 0 Å². The summed E-state index contributed by atoms with van der Waals surface area (Å²) in [5.41, 5.74) is 5.35. The molecule has 0 radical (unpaired) electrons. The Balaban J connectivity index is 1.63. The summed E-state index contributed by atoms with van der Waals surface area (Å²) < 4.78 is 13.4. The molecule has 0 bridgehead atoms. The second-order valence-electron chi connectivity index (χ2n) is 8.13. The summed E-state index contributed by atoms with van der Waals surface area (Å²) in [6.07, 6.45) is 0.964. The largest absolute Gasteiger partial charge is 0.340 e. The van der Waals surface area contributed by atoms with E-state index in [9.17, 15) is 9.18 Å². The highest BCUT2D eigenvalue weighted by Crippen LogP contribution is 2.18. The minimum Gasteiger partial charge on any atom is -0.340 e. The van der Waals surface area contributed by atoms with Crippen LogP contribution in [-0.4, -0.2) is 15.0 Å². The third kappa shape index (κ3) is 5.46. The van der Waals surface area contributed by atoms with Crippen molar-refractivity contribution in [2.45, 2.75) is 33.4 Å². The van der Waals surface area contributed by atoms with E-state index in [1.807, 2.05) is 48.2 Å². The highest BCUT2D eigenvalue weighted by atomic mass is 32.1. The Hall–Kier alpha value is -3.51. The van der Waals surface area contributed by atoms with Crippen molar-refractivity contribution in [1.82, 2.24) is 9.88 Å². The van der Waals surface area contributed by atoms with Crippen LogP contribution in [0.1, 0.15) is 29.2 Å². The minimum atomic E-state index is -0.289.